The minimum Gasteiger partial charge on any atom is -0.507 e. The molecule has 198 valence electrons. The molecule has 11 heteroatoms. The molecule has 10 nitrogen and oxygen atoms in total. The molecule has 2 aromatic carbocycles. The number of aliphatic hydroxyl groups excluding tert-OH is 3. The maximum Gasteiger partial charge on any atom is 0.198 e. The zero-order chi connectivity index (χ0) is 26.8. The van der Waals surface area contributed by atoms with Crippen molar-refractivity contribution in [3.8, 4) is 11.5 Å². The molecule has 1 heterocycles. The highest BCUT2D eigenvalue weighted by atomic mass is 127. The van der Waals surface area contributed by atoms with Crippen molar-refractivity contribution < 1.29 is 44.9 Å². The molecule has 3 aliphatic rings. The quantitative estimate of drug-likeness (QED) is 0.128. The van der Waals surface area contributed by atoms with Crippen LogP contribution in [-0.4, -0.2) is 82.9 Å². The monoisotopic (exact) mass is 625 g/mol. The van der Waals surface area contributed by atoms with Crippen molar-refractivity contribution in [3.63, 3.8) is 0 Å². The number of phenolic OH excluding ortho intramolecular Hbond substituents is 2. The standard InChI is InChI=1S/C26H28INO9/c1-10-20(30)24(34)18(27)25(36-10)37-14-9-26(35,6-7-29)8-13-15(14)23(33)16-17(22(13)32)21(31)12-5-3-2-4-11(12)19(16)28/h2-5,10,14,18,20,24-25,28-30,32-35H,6-9H2,1H3/t10-,14?,18+,20-,24-,25-,26-/m0/s1. The number of phenols is 2. The highest BCUT2D eigenvalue weighted by Crippen LogP contribution is 2.52. The fraction of sp³-hybridized carbons (Fsp3) is 0.462. The molecule has 1 aliphatic heterocycles. The summed E-state index contributed by atoms with van der Waals surface area (Å²) in [5, 5.41) is 73.1. The molecule has 2 aromatic rings. The van der Waals surface area contributed by atoms with Gasteiger partial charge in [0, 0.05) is 41.7 Å². The minimum atomic E-state index is -1.55. The smallest absolute Gasteiger partial charge is 0.198 e. The molecular formula is C26H28INO9. The van der Waals surface area contributed by atoms with E-state index in [9.17, 15) is 35.4 Å². The van der Waals surface area contributed by atoms with Crippen LogP contribution in [0.4, 0.5) is 0 Å². The second-order valence-corrected chi connectivity index (χ2v) is 11.4. The van der Waals surface area contributed by atoms with Gasteiger partial charge in [0.05, 0.1) is 44.7 Å². The first-order valence-corrected chi connectivity index (χ1v) is 13.2. The lowest BCUT2D eigenvalue weighted by molar-refractivity contribution is -0.259. The van der Waals surface area contributed by atoms with Crippen LogP contribution in [0.25, 0.3) is 0 Å². The minimum absolute atomic E-state index is 0.0624. The van der Waals surface area contributed by atoms with Gasteiger partial charge in [-0.1, -0.05) is 46.9 Å². The third-order valence-corrected chi connectivity index (χ3v) is 8.87. The van der Waals surface area contributed by atoms with Crippen molar-refractivity contribution in [1.29, 1.82) is 5.41 Å². The van der Waals surface area contributed by atoms with E-state index in [4.69, 9.17) is 14.9 Å². The Kier molecular flexibility index (Phi) is 6.84. The third kappa shape index (κ3) is 4.17. The first-order chi connectivity index (χ1) is 17.5. The molecule has 0 amide bonds. The van der Waals surface area contributed by atoms with E-state index in [1.807, 2.05) is 22.6 Å². The van der Waals surface area contributed by atoms with Crippen LogP contribution in [0.2, 0.25) is 0 Å². The first kappa shape index (κ1) is 26.5. The summed E-state index contributed by atoms with van der Waals surface area (Å²) >= 11 is 1.89. The van der Waals surface area contributed by atoms with Gasteiger partial charge in [0.25, 0.3) is 0 Å². The highest BCUT2D eigenvalue weighted by molar-refractivity contribution is 14.1. The number of alkyl halides is 1. The molecule has 1 fully saturated rings. The first-order valence-electron chi connectivity index (χ1n) is 12.0. The van der Waals surface area contributed by atoms with Gasteiger partial charge in [-0.3, -0.25) is 10.2 Å². The lowest BCUT2D eigenvalue weighted by Gasteiger charge is -2.44. The van der Waals surface area contributed by atoms with E-state index in [0.29, 0.717) is 5.56 Å². The van der Waals surface area contributed by atoms with Gasteiger partial charge < -0.3 is 40.1 Å². The maximum atomic E-state index is 13.4. The number of carbonyl (C=O) groups is 1. The SMILES string of the molecule is C[C@@H]1O[C@@H](OC2C[C@](O)(CCO)Cc3c(O)c4c(c(O)c32)C(=N)c2ccccc2C4=O)[C@H](I)[C@H](O)[C@H]1O. The van der Waals surface area contributed by atoms with Gasteiger partial charge in [0.1, 0.15) is 17.6 Å². The summed E-state index contributed by atoms with van der Waals surface area (Å²) in [6, 6.07) is 6.45. The van der Waals surface area contributed by atoms with Crippen LogP contribution < -0.4 is 0 Å². The summed E-state index contributed by atoms with van der Waals surface area (Å²) in [6.45, 7) is 1.22. The normalized spacial score (nSPS) is 33.0. The van der Waals surface area contributed by atoms with Crippen molar-refractivity contribution in [1.82, 2.24) is 0 Å². The molecular weight excluding hydrogens is 597 g/mol. The predicted octanol–water partition coefficient (Wildman–Crippen LogP) is 1.45. The van der Waals surface area contributed by atoms with Crippen LogP contribution in [0.5, 0.6) is 11.5 Å². The summed E-state index contributed by atoms with van der Waals surface area (Å²) in [5.74, 6) is -1.43. The Morgan fingerprint density at radius 3 is 2.49 bits per heavy atom. The number of fused-ring (bicyclic) bond motifs is 3. The molecule has 1 unspecified atom stereocenters. The van der Waals surface area contributed by atoms with Crippen LogP contribution in [-0.2, 0) is 15.9 Å². The fourth-order valence-corrected chi connectivity index (χ4v) is 6.34. The summed E-state index contributed by atoms with van der Waals surface area (Å²) < 4.78 is 11.3. The van der Waals surface area contributed by atoms with Gasteiger partial charge in [-0.2, -0.15) is 0 Å². The number of aliphatic hydroxyl groups is 4. The number of hydrogen-bond donors (Lipinski definition) is 7. The highest BCUT2D eigenvalue weighted by Gasteiger charge is 2.48. The average molecular weight is 625 g/mol. The van der Waals surface area contributed by atoms with E-state index in [1.165, 1.54) is 0 Å². The number of ether oxygens (including phenoxy) is 2. The molecule has 0 aromatic heterocycles. The van der Waals surface area contributed by atoms with Crippen LogP contribution in [0, 0.1) is 5.41 Å². The van der Waals surface area contributed by atoms with E-state index in [-0.39, 0.29) is 59.4 Å². The Morgan fingerprint density at radius 1 is 1.14 bits per heavy atom. The Bertz CT molecular complexity index is 1280. The summed E-state index contributed by atoms with van der Waals surface area (Å²) in [7, 11) is 0. The zero-order valence-corrected chi connectivity index (χ0v) is 22.0. The number of hydrogen-bond acceptors (Lipinski definition) is 10. The molecule has 2 aliphatic carbocycles. The number of aromatic hydroxyl groups is 2. The second-order valence-electron chi connectivity index (χ2n) is 9.93. The van der Waals surface area contributed by atoms with Gasteiger partial charge in [0.15, 0.2) is 12.1 Å². The van der Waals surface area contributed by atoms with Gasteiger partial charge in [-0.25, -0.2) is 0 Å². The largest absolute Gasteiger partial charge is 0.507 e. The van der Waals surface area contributed by atoms with E-state index in [1.54, 1.807) is 31.2 Å². The van der Waals surface area contributed by atoms with Gasteiger partial charge in [-0.15, -0.1) is 0 Å². The predicted molar refractivity (Wildman–Crippen MR) is 139 cm³/mol. The van der Waals surface area contributed by atoms with Crippen molar-refractivity contribution in [2.24, 2.45) is 0 Å². The molecule has 37 heavy (non-hydrogen) atoms. The number of nitrogens with one attached hydrogen (secondary N) is 1. The van der Waals surface area contributed by atoms with Gasteiger partial charge in [-0.05, 0) is 13.3 Å². The lowest BCUT2D eigenvalue weighted by atomic mass is 9.72. The second kappa shape index (κ2) is 9.56. The number of benzene rings is 2. The zero-order valence-electron chi connectivity index (χ0n) is 19.9. The molecule has 1 saturated heterocycles. The van der Waals surface area contributed by atoms with Gasteiger partial charge >= 0.3 is 0 Å². The summed E-state index contributed by atoms with van der Waals surface area (Å²) in [4.78, 5) is 13.4. The number of ketones is 1. The molecule has 0 saturated carbocycles. The van der Waals surface area contributed by atoms with Crippen LogP contribution in [0.15, 0.2) is 24.3 Å². The Balaban J connectivity index is 1.66. The number of halogens is 1. The van der Waals surface area contributed by atoms with E-state index >= 15 is 0 Å². The topological polar surface area (TPSA) is 181 Å². The van der Waals surface area contributed by atoms with Crippen molar-refractivity contribution in [3.05, 3.63) is 57.6 Å². The number of carbonyl (C=O) groups excluding carboxylic acids is 1. The molecule has 7 N–H and O–H groups in total. The third-order valence-electron chi connectivity index (χ3n) is 7.54. The van der Waals surface area contributed by atoms with Crippen LogP contribution in [0.1, 0.15) is 64.0 Å². The van der Waals surface area contributed by atoms with E-state index in [0.717, 1.165) is 0 Å². The lowest BCUT2D eigenvalue weighted by Crippen LogP contribution is -2.55. The van der Waals surface area contributed by atoms with Crippen molar-refractivity contribution in [2.45, 2.75) is 66.4 Å². The van der Waals surface area contributed by atoms with Gasteiger partial charge in [0.2, 0.25) is 0 Å². The Morgan fingerprint density at radius 2 is 1.81 bits per heavy atom. The summed E-state index contributed by atoms with van der Waals surface area (Å²) in [5.41, 5.74) is -1.31. The summed E-state index contributed by atoms with van der Waals surface area (Å²) in [6.07, 6.45) is -5.54. The molecule has 0 spiro atoms. The van der Waals surface area contributed by atoms with E-state index in [2.05, 4.69) is 0 Å². The Hall–Kier alpha value is -2.13. The average Bonchev–Trinajstić information content (AvgIpc) is 2.86. The molecule has 5 rings (SSSR count). The van der Waals surface area contributed by atoms with Crippen LogP contribution >= 0.6 is 22.6 Å². The molecule has 0 bridgehead atoms. The van der Waals surface area contributed by atoms with Crippen molar-refractivity contribution >= 4 is 34.1 Å². The fourth-order valence-electron chi connectivity index (χ4n) is 5.58. The van der Waals surface area contributed by atoms with Crippen LogP contribution in [0.3, 0.4) is 0 Å². The van der Waals surface area contributed by atoms with E-state index < -0.39 is 57.5 Å². The molecule has 7 atom stereocenters. The molecule has 0 radical (unpaired) electrons. The maximum absolute atomic E-state index is 13.4. The van der Waals surface area contributed by atoms with Crippen molar-refractivity contribution in [2.75, 3.05) is 6.61 Å². The Labute approximate surface area is 226 Å². The number of rotatable bonds is 4.